The zero-order valence-corrected chi connectivity index (χ0v) is 13.7. The number of rotatable bonds is 7. The van der Waals surface area contributed by atoms with Gasteiger partial charge in [-0.05, 0) is 42.2 Å². The maximum Gasteiger partial charge on any atom is 0.315 e. The van der Waals surface area contributed by atoms with Gasteiger partial charge in [-0.1, -0.05) is 18.2 Å². The molecule has 0 aliphatic heterocycles. The van der Waals surface area contributed by atoms with Gasteiger partial charge in [0.05, 0.1) is 0 Å². The molecule has 0 spiro atoms. The minimum absolute atomic E-state index is 0.142. The van der Waals surface area contributed by atoms with Gasteiger partial charge in [-0.2, -0.15) is 0 Å². The molecule has 1 heterocycles. The van der Waals surface area contributed by atoms with Gasteiger partial charge < -0.3 is 15.5 Å². The van der Waals surface area contributed by atoms with Gasteiger partial charge in [0.1, 0.15) is 0 Å². The third-order valence-electron chi connectivity index (χ3n) is 3.56. The van der Waals surface area contributed by atoms with Crippen LogP contribution in [0.5, 0.6) is 0 Å². The molecular formula is C18H24N4O. The van der Waals surface area contributed by atoms with Crippen LogP contribution in [0.3, 0.4) is 0 Å². The van der Waals surface area contributed by atoms with Crippen molar-refractivity contribution in [1.29, 1.82) is 0 Å². The Balaban J connectivity index is 1.62. The van der Waals surface area contributed by atoms with Crippen LogP contribution >= 0.6 is 0 Å². The highest BCUT2D eigenvalue weighted by molar-refractivity contribution is 5.73. The number of carbonyl (C=O) groups excluding carboxylic acids is 1. The number of nitrogens with one attached hydrogen (secondary N) is 2. The molecule has 0 unspecified atom stereocenters. The Morgan fingerprint density at radius 3 is 2.52 bits per heavy atom. The van der Waals surface area contributed by atoms with Crippen molar-refractivity contribution in [2.45, 2.75) is 19.4 Å². The molecule has 0 saturated carbocycles. The minimum atomic E-state index is -0.142. The van der Waals surface area contributed by atoms with Crippen molar-refractivity contribution < 1.29 is 4.79 Å². The molecule has 0 radical (unpaired) electrons. The quantitative estimate of drug-likeness (QED) is 0.773. The van der Waals surface area contributed by atoms with E-state index in [1.807, 2.05) is 26.2 Å². The van der Waals surface area contributed by atoms with E-state index in [1.54, 1.807) is 12.4 Å². The number of amides is 2. The monoisotopic (exact) mass is 312 g/mol. The fourth-order valence-electron chi connectivity index (χ4n) is 2.20. The van der Waals surface area contributed by atoms with Crippen LogP contribution in [0.4, 0.5) is 10.5 Å². The van der Waals surface area contributed by atoms with Crippen LogP contribution < -0.4 is 15.5 Å². The summed E-state index contributed by atoms with van der Waals surface area (Å²) in [6.07, 6.45) is 5.34. The molecule has 0 saturated heterocycles. The minimum Gasteiger partial charge on any atom is -0.378 e. The van der Waals surface area contributed by atoms with E-state index in [2.05, 4.69) is 44.8 Å². The summed E-state index contributed by atoms with van der Waals surface area (Å²) in [5, 5.41) is 5.70. The predicted molar refractivity (Wildman–Crippen MR) is 93.6 cm³/mol. The van der Waals surface area contributed by atoms with Crippen LogP contribution in [0.15, 0.2) is 48.8 Å². The van der Waals surface area contributed by atoms with Crippen LogP contribution in [0.2, 0.25) is 0 Å². The fraction of sp³-hybridized carbons (Fsp3) is 0.333. The molecule has 2 aromatic rings. The van der Waals surface area contributed by atoms with Crippen molar-refractivity contribution in [1.82, 2.24) is 15.6 Å². The second-order valence-electron chi connectivity index (χ2n) is 5.64. The summed E-state index contributed by atoms with van der Waals surface area (Å²) in [6.45, 7) is 1.15. The highest BCUT2D eigenvalue weighted by atomic mass is 16.2. The fourth-order valence-corrected chi connectivity index (χ4v) is 2.20. The largest absolute Gasteiger partial charge is 0.378 e. The highest BCUT2D eigenvalue weighted by Crippen LogP contribution is 2.13. The van der Waals surface area contributed by atoms with Crippen molar-refractivity contribution in [3.63, 3.8) is 0 Å². The smallest absolute Gasteiger partial charge is 0.315 e. The van der Waals surface area contributed by atoms with Crippen molar-refractivity contribution >= 4 is 11.7 Å². The summed E-state index contributed by atoms with van der Waals surface area (Å²) >= 11 is 0. The maximum atomic E-state index is 11.7. The molecule has 5 nitrogen and oxygen atoms in total. The van der Waals surface area contributed by atoms with Gasteiger partial charge in [-0.3, -0.25) is 4.98 Å². The maximum absolute atomic E-state index is 11.7. The molecule has 0 atom stereocenters. The first-order valence-electron chi connectivity index (χ1n) is 7.82. The van der Waals surface area contributed by atoms with Gasteiger partial charge in [-0.15, -0.1) is 0 Å². The summed E-state index contributed by atoms with van der Waals surface area (Å²) in [5.41, 5.74) is 3.47. The molecule has 2 rings (SSSR count). The number of carbonyl (C=O) groups is 1. The Labute approximate surface area is 137 Å². The number of urea groups is 1. The standard InChI is InChI=1S/C18H24N4O/c1-22(2)17-9-7-15(8-10-17)5-4-12-20-18(23)21-14-16-6-3-11-19-13-16/h3,6-11,13H,4-5,12,14H2,1-2H3,(H2,20,21,23). The van der Waals surface area contributed by atoms with Gasteiger partial charge in [0.2, 0.25) is 0 Å². The third-order valence-corrected chi connectivity index (χ3v) is 3.56. The van der Waals surface area contributed by atoms with Crippen LogP contribution in [0, 0.1) is 0 Å². The molecule has 0 bridgehead atoms. The molecule has 2 amide bonds. The van der Waals surface area contributed by atoms with Crippen LogP contribution in [0.25, 0.3) is 0 Å². The molecular weight excluding hydrogens is 288 g/mol. The summed E-state index contributed by atoms with van der Waals surface area (Å²) < 4.78 is 0. The highest BCUT2D eigenvalue weighted by Gasteiger charge is 2.01. The van der Waals surface area contributed by atoms with E-state index < -0.39 is 0 Å². The lowest BCUT2D eigenvalue weighted by atomic mass is 10.1. The van der Waals surface area contributed by atoms with Gasteiger partial charge in [0.15, 0.2) is 0 Å². The molecule has 0 aliphatic rings. The van der Waals surface area contributed by atoms with Crippen molar-refractivity contribution in [2.75, 3.05) is 25.5 Å². The summed E-state index contributed by atoms with van der Waals surface area (Å²) in [6, 6.07) is 12.2. The normalized spacial score (nSPS) is 10.2. The van der Waals surface area contributed by atoms with Gasteiger partial charge in [-0.25, -0.2) is 4.79 Å². The lowest BCUT2D eigenvalue weighted by Gasteiger charge is -2.12. The lowest BCUT2D eigenvalue weighted by Crippen LogP contribution is -2.35. The third kappa shape index (κ3) is 5.98. The molecule has 0 aliphatic carbocycles. The number of benzene rings is 1. The average molecular weight is 312 g/mol. The van der Waals surface area contributed by atoms with E-state index >= 15 is 0 Å². The van der Waals surface area contributed by atoms with E-state index in [9.17, 15) is 4.79 Å². The molecule has 0 fully saturated rings. The molecule has 122 valence electrons. The number of hydrogen-bond acceptors (Lipinski definition) is 3. The number of anilines is 1. The Morgan fingerprint density at radius 2 is 1.87 bits per heavy atom. The van der Waals surface area contributed by atoms with E-state index in [0.29, 0.717) is 13.1 Å². The van der Waals surface area contributed by atoms with E-state index in [-0.39, 0.29) is 6.03 Å². The Kier molecular flexibility index (Phi) is 6.41. The van der Waals surface area contributed by atoms with Crippen LogP contribution in [0.1, 0.15) is 17.5 Å². The zero-order chi connectivity index (χ0) is 16.5. The second kappa shape index (κ2) is 8.78. The lowest BCUT2D eigenvalue weighted by molar-refractivity contribution is 0.240. The number of pyridine rings is 1. The molecule has 23 heavy (non-hydrogen) atoms. The van der Waals surface area contributed by atoms with E-state index in [4.69, 9.17) is 0 Å². The van der Waals surface area contributed by atoms with Crippen molar-refractivity contribution in [2.24, 2.45) is 0 Å². The summed E-state index contributed by atoms with van der Waals surface area (Å²) in [4.78, 5) is 17.8. The zero-order valence-electron chi connectivity index (χ0n) is 13.7. The Hall–Kier alpha value is -2.56. The van der Waals surface area contributed by atoms with E-state index in [0.717, 1.165) is 18.4 Å². The predicted octanol–water partition coefficient (Wildman–Crippen LogP) is 2.58. The first-order valence-corrected chi connectivity index (χ1v) is 7.82. The number of hydrogen-bond donors (Lipinski definition) is 2. The number of aryl methyl sites for hydroxylation is 1. The Morgan fingerprint density at radius 1 is 1.09 bits per heavy atom. The Bertz CT molecular complexity index is 596. The van der Waals surface area contributed by atoms with Crippen LogP contribution in [-0.4, -0.2) is 31.7 Å². The number of nitrogens with zero attached hydrogens (tertiary/aromatic N) is 2. The molecule has 1 aromatic heterocycles. The van der Waals surface area contributed by atoms with Gasteiger partial charge in [0.25, 0.3) is 0 Å². The van der Waals surface area contributed by atoms with Crippen molar-refractivity contribution in [3.05, 3.63) is 59.9 Å². The van der Waals surface area contributed by atoms with Gasteiger partial charge >= 0.3 is 6.03 Å². The second-order valence-corrected chi connectivity index (χ2v) is 5.64. The van der Waals surface area contributed by atoms with E-state index in [1.165, 1.54) is 11.3 Å². The number of aromatic nitrogens is 1. The molecule has 1 aromatic carbocycles. The first kappa shape index (κ1) is 16.8. The van der Waals surface area contributed by atoms with Crippen LogP contribution in [-0.2, 0) is 13.0 Å². The first-order chi connectivity index (χ1) is 11.1. The molecule has 5 heteroatoms. The SMILES string of the molecule is CN(C)c1ccc(CCCNC(=O)NCc2cccnc2)cc1. The molecule has 2 N–H and O–H groups in total. The average Bonchev–Trinajstić information content (AvgIpc) is 2.58. The topological polar surface area (TPSA) is 57.3 Å². The van der Waals surface area contributed by atoms with Crippen molar-refractivity contribution in [3.8, 4) is 0 Å². The summed E-state index contributed by atoms with van der Waals surface area (Å²) in [7, 11) is 4.06. The summed E-state index contributed by atoms with van der Waals surface area (Å²) in [5.74, 6) is 0. The van der Waals surface area contributed by atoms with Gasteiger partial charge in [0, 0.05) is 45.3 Å².